The first-order valence-electron chi connectivity index (χ1n) is 7.15. The van der Waals surface area contributed by atoms with Crippen molar-refractivity contribution in [2.24, 2.45) is 0 Å². The molecule has 0 aliphatic heterocycles. The lowest BCUT2D eigenvalue weighted by Gasteiger charge is -2.13. The number of carbonyl (C=O) groups excluding carboxylic acids is 2. The Balaban J connectivity index is 2.07. The van der Waals surface area contributed by atoms with Gasteiger partial charge in [0.05, 0.1) is 0 Å². The molecular weight excluding hydrogens is 280 g/mol. The van der Waals surface area contributed by atoms with Gasteiger partial charge >= 0.3 is 5.97 Å². The lowest BCUT2D eigenvalue weighted by atomic mass is 10.0. The largest absolute Gasteiger partial charge is 0.507 e. The molecule has 1 N–H and O–H groups in total. The third-order valence-electron chi connectivity index (χ3n) is 3.42. The summed E-state index contributed by atoms with van der Waals surface area (Å²) in [6.45, 7) is 3.56. The van der Waals surface area contributed by atoms with Crippen LogP contribution in [0.1, 0.15) is 40.1 Å². The maximum absolute atomic E-state index is 12.3. The first-order chi connectivity index (χ1) is 10.5. The molecule has 0 heterocycles. The number of esters is 1. The Kier molecular flexibility index (Phi) is 4.94. The number of phenols is 1. The van der Waals surface area contributed by atoms with E-state index in [2.05, 4.69) is 0 Å². The van der Waals surface area contributed by atoms with Crippen molar-refractivity contribution < 1.29 is 19.4 Å². The van der Waals surface area contributed by atoms with Crippen LogP contribution in [-0.4, -0.2) is 23.0 Å². The highest BCUT2D eigenvalue weighted by molar-refractivity contribution is 6.01. The Hall–Kier alpha value is -2.62. The van der Waals surface area contributed by atoms with Crippen molar-refractivity contribution in [3.05, 3.63) is 65.2 Å². The van der Waals surface area contributed by atoms with Crippen LogP contribution in [0.15, 0.2) is 48.5 Å². The zero-order chi connectivity index (χ0) is 16.1. The second-order valence-electron chi connectivity index (χ2n) is 4.98. The highest BCUT2D eigenvalue weighted by atomic mass is 16.5. The number of rotatable bonds is 5. The summed E-state index contributed by atoms with van der Waals surface area (Å²) in [6.07, 6.45) is -0.0219. The topological polar surface area (TPSA) is 63.6 Å². The van der Waals surface area contributed by atoms with Crippen LogP contribution in [0.4, 0.5) is 0 Å². The highest BCUT2D eigenvalue weighted by Crippen LogP contribution is 2.18. The number of ether oxygens (including phenoxy) is 1. The van der Waals surface area contributed by atoms with Gasteiger partial charge in [0, 0.05) is 5.56 Å². The van der Waals surface area contributed by atoms with Crippen LogP contribution in [0.5, 0.6) is 5.75 Å². The predicted octanol–water partition coefficient (Wildman–Crippen LogP) is 3.38. The maximum Gasteiger partial charge on any atom is 0.342 e. The molecule has 0 unspecified atom stereocenters. The van der Waals surface area contributed by atoms with E-state index >= 15 is 0 Å². The fourth-order valence-electron chi connectivity index (χ4n) is 2.06. The van der Waals surface area contributed by atoms with Crippen LogP contribution >= 0.6 is 0 Å². The SMILES string of the molecule is CCc1ccc(C(=O)[C@H](C)OC(=O)c2ccccc2O)cc1. The molecule has 1 atom stereocenters. The second-order valence-corrected chi connectivity index (χ2v) is 4.98. The number of Topliss-reactive ketones (excluding diaryl/α,β-unsaturated/α-hetero) is 1. The zero-order valence-electron chi connectivity index (χ0n) is 12.6. The molecule has 0 aromatic heterocycles. The van der Waals surface area contributed by atoms with Crippen molar-refractivity contribution in [3.63, 3.8) is 0 Å². The van der Waals surface area contributed by atoms with Gasteiger partial charge in [0.2, 0.25) is 5.78 Å². The van der Waals surface area contributed by atoms with Crippen LogP contribution in [-0.2, 0) is 11.2 Å². The van der Waals surface area contributed by atoms with Gasteiger partial charge in [-0.2, -0.15) is 0 Å². The van der Waals surface area contributed by atoms with Crippen molar-refractivity contribution in [1.82, 2.24) is 0 Å². The summed E-state index contributed by atoms with van der Waals surface area (Å²) in [6, 6.07) is 13.3. The first-order valence-corrected chi connectivity index (χ1v) is 7.15. The molecule has 4 heteroatoms. The van der Waals surface area contributed by atoms with E-state index in [1.54, 1.807) is 24.3 Å². The third-order valence-corrected chi connectivity index (χ3v) is 3.42. The van der Waals surface area contributed by atoms with Gasteiger partial charge in [-0.25, -0.2) is 4.79 Å². The number of aromatic hydroxyl groups is 1. The van der Waals surface area contributed by atoms with Gasteiger partial charge in [-0.3, -0.25) is 4.79 Å². The minimum absolute atomic E-state index is 0.0449. The van der Waals surface area contributed by atoms with Crippen LogP contribution in [0.3, 0.4) is 0 Å². The number of phenolic OH excluding ortho intramolecular Hbond substituents is 1. The first kappa shape index (κ1) is 15.8. The van der Waals surface area contributed by atoms with Crippen LogP contribution in [0.2, 0.25) is 0 Å². The lowest BCUT2D eigenvalue weighted by Crippen LogP contribution is -2.24. The smallest absolute Gasteiger partial charge is 0.342 e. The number of para-hydroxylation sites is 1. The molecule has 2 aromatic rings. The van der Waals surface area contributed by atoms with Gasteiger partial charge in [-0.15, -0.1) is 0 Å². The van der Waals surface area contributed by atoms with Crippen molar-refractivity contribution in [2.75, 3.05) is 0 Å². The Morgan fingerprint density at radius 1 is 1.09 bits per heavy atom. The van der Waals surface area contributed by atoms with Crippen LogP contribution in [0, 0.1) is 0 Å². The number of hydrogen-bond acceptors (Lipinski definition) is 4. The lowest BCUT2D eigenvalue weighted by molar-refractivity contribution is 0.0316. The summed E-state index contributed by atoms with van der Waals surface area (Å²) in [5, 5.41) is 9.62. The molecule has 0 radical (unpaired) electrons. The molecule has 0 aliphatic rings. The average molecular weight is 298 g/mol. The van der Waals surface area contributed by atoms with Gasteiger partial charge in [-0.05, 0) is 31.0 Å². The molecule has 0 aliphatic carbocycles. The molecule has 0 saturated carbocycles. The fraction of sp³-hybridized carbons (Fsp3) is 0.222. The van der Waals surface area contributed by atoms with Crippen molar-refractivity contribution >= 4 is 11.8 Å². The summed E-state index contributed by atoms with van der Waals surface area (Å²) in [5.74, 6) is -1.16. The Labute approximate surface area is 129 Å². The van der Waals surface area contributed by atoms with E-state index in [0.29, 0.717) is 5.56 Å². The van der Waals surface area contributed by atoms with E-state index in [1.807, 2.05) is 19.1 Å². The fourth-order valence-corrected chi connectivity index (χ4v) is 2.06. The number of benzene rings is 2. The number of aryl methyl sites for hydroxylation is 1. The zero-order valence-corrected chi connectivity index (χ0v) is 12.6. The van der Waals surface area contributed by atoms with E-state index in [4.69, 9.17) is 4.74 Å². The molecule has 22 heavy (non-hydrogen) atoms. The quantitative estimate of drug-likeness (QED) is 0.679. The predicted molar refractivity (Wildman–Crippen MR) is 83.1 cm³/mol. The Morgan fingerprint density at radius 2 is 1.73 bits per heavy atom. The minimum Gasteiger partial charge on any atom is -0.507 e. The molecule has 0 saturated heterocycles. The van der Waals surface area contributed by atoms with Crippen molar-refractivity contribution in [3.8, 4) is 5.75 Å². The normalized spacial score (nSPS) is 11.7. The van der Waals surface area contributed by atoms with Crippen LogP contribution in [0.25, 0.3) is 0 Å². The third kappa shape index (κ3) is 3.52. The molecule has 114 valence electrons. The number of hydrogen-bond donors (Lipinski definition) is 1. The molecule has 0 spiro atoms. The van der Waals surface area contributed by atoms with Crippen LogP contribution < -0.4 is 0 Å². The summed E-state index contributed by atoms with van der Waals surface area (Å²) in [4.78, 5) is 24.2. The van der Waals surface area contributed by atoms with Gasteiger partial charge < -0.3 is 9.84 Å². The Morgan fingerprint density at radius 3 is 2.32 bits per heavy atom. The summed E-state index contributed by atoms with van der Waals surface area (Å²) in [7, 11) is 0. The number of ketones is 1. The molecule has 0 fully saturated rings. The molecule has 4 nitrogen and oxygen atoms in total. The molecular formula is C18H18O4. The maximum atomic E-state index is 12.3. The van der Waals surface area contributed by atoms with Gasteiger partial charge in [0.15, 0.2) is 6.10 Å². The molecule has 0 bridgehead atoms. The van der Waals surface area contributed by atoms with E-state index in [0.717, 1.165) is 12.0 Å². The standard InChI is InChI=1S/C18H18O4/c1-3-13-8-10-14(11-9-13)17(20)12(2)22-18(21)15-6-4-5-7-16(15)19/h4-12,19H,3H2,1-2H3/t12-/m0/s1. The monoisotopic (exact) mass is 298 g/mol. The van der Waals surface area contributed by atoms with Gasteiger partial charge in [-0.1, -0.05) is 43.3 Å². The van der Waals surface area contributed by atoms with Gasteiger partial charge in [0.25, 0.3) is 0 Å². The van der Waals surface area contributed by atoms with Crippen molar-refractivity contribution in [2.45, 2.75) is 26.4 Å². The summed E-state index contributed by atoms with van der Waals surface area (Å²) < 4.78 is 5.14. The molecule has 2 rings (SSSR count). The van der Waals surface area contributed by atoms with E-state index < -0.39 is 12.1 Å². The minimum atomic E-state index is -0.917. The van der Waals surface area contributed by atoms with E-state index in [-0.39, 0.29) is 17.1 Å². The Bertz CT molecular complexity index is 674. The molecule has 2 aromatic carbocycles. The summed E-state index contributed by atoms with van der Waals surface area (Å²) >= 11 is 0. The van der Waals surface area contributed by atoms with Gasteiger partial charge in [0.1, 0.15) is 11.3 Å². The van der Waals surface area contributed by atoms with Crippen molar-refractivity contribution in [1.29, 1.82) is 0 Å². The second kappa shape index (κ2) is 6.89. The van der Waals surface area contributed by atoms with E-state index in [9.17, 15) is 14.7 Å². The molecule has 0 amide bonds. The van der Waals surface area contributed by atoms with E-state index in [1.165, 1.54) is 19.1 Å². The summed E-state index contributed by atoms with van der Waals surface area (Å²) in [5.41, 5.74) is 1.67. The number of carbonyl (C=O) groups is 2. The average Bonchev–Trinajstić information content (AvgIpc) is 2.54. The highest BCUT2D eigenvalue weighted by Gasteiger charge is 2.21.